The lowest BCUT2D eigenvalue weighted by Gasteiger charge is -2.17. The second-order valence-corrected chi connectivity index (χ2v) is 3.68. The molecule has 0 saturated heterocycles. The van der Waals surface area contributed by atoms with Gasteiger partial charge in [-0.15, -0.1) is 0 Å². The van der Waals surface area contributed by atoms with Gasteiger partial charge in [0.15, 0.2) is 0 Å². The fourth-order valence-electron chi connectivity index (χ4n) is 0.0833. The molecular weight excluding hydrogens is 106 g/mol. The molecule has 0 aliphatic rings. The normalized spacial score (nSPS) is 12.0. The van der Waals surface area contributed by atoms with Crippen molar-refractivity contribution in [3.63, 3.8) is 0 Å². The minimum atomic E-state index is 0.278. The molecule has 0 aliphatic heterocycles. The molecule has 0 aromatic heterocycles. The topological polar surface area (TPSA) is 26.0 Å². The van der Waals surface area contributed by atoms with Crippen molar-refractivity contribution >= 4 is 11.8 Å². The largest absolute Gasteiger partial charge is 0.329 e. The Bertz CT molecular complexity index is 46.0. The van der Waals surface area contributed by atoms with Crippen molar-refractivity contribution in [2.24, 2.45) is 5.73 Å². The average Bonchev–Trinajstić information content (AvgIpc) is 1.68. The van der Waals surface area contributed by atoms with Crippen LogP contribution < -0.4 is 5.73 Å². The molecule has 0 unspecified atom stereocenters. The zero-order chi connectivity index (χ0) is 5.91. The van der Waals surface area contributed by atoms with Crippen molar-refractivity contribution in [2.45, 2.75) is 18.6 Å². The Hall–Kier alpha value is 0.310. The first-order valence-electron chi connectivity index (χ1n) is 2.37. The molecule has 0 radical (unpaired) electrons. The van der Waals surface area contributed by atoms with E-state index < -0.39 is 0 Å². The molecule has 0 aromatic carbocycles. The molecule has 0 fully saturated rings. The molecule has 0 heterocycles. The van der Waals surface area contributed by atoms with Crippen LogP contribution in [0.4, 0.5) is 0 Å². The lowest BCUT2D eigenvalue weighted by Crippen LogP contribution is -2.25. The van der Waals surface area contributed by atoms with E-state index in [1.165, 1.54) is 0 Å². The summed E-state index contributed by atoms with van der Waals surface area (Å²) in [7, 11) is 0. The van der Waals surface area contributed by atoms with E-state index in [1.807, 2.05) is 0 Å². The molecule has 0 bridgehead atoms. The smallest absolute Gasteiger partial charge is 0.0223 e. The Morgan fingerprint density at radius 2 is 2.00 bits per heavy atom. The highest BCUT2D eigenvalue weighted by atomic mass is 32.2. The fraction of sp³-hybridized carbons (Fsp3) is 1.00. The zero-order valence-electron chi connectivity index (χ0n) is 5.19. The molecule has 0 saturated carbocycles. The van der Waals surface area contributed by atoms with Gasteiger partial charge in [0.05, 0.1) is 0 Å². The molecule has 0 aliphatic carbocycles. The van der Waals surface area contributed by atoms with Crippen LogP contribution in [0, 0.1) is 0 Å². The molecule has 2 heteroatoms. The Balaban J connectivity index is 3.36. The van der Waals surface area contributed by atoms with Crippen molar-refractivity contribution in [3.05, 3.63) is 0 Å². The van der Waals surface area contributed by atoms with Gasteiger partial charge in [0.2, 0.25) is 0 Å². The molecular formula is C5H13NS. The first kappa shape index (κ1) is 7.31. The number of hydrogen-bond donors (Lipinski definition) is 1. The van der Waals surface area contributed by atoms with E-state index >= 15 is 0 Å². The molecule has 0 rings (SSSR count). The molecule has 7 heavy (non-hydrogen) atoms. The van der Waals surface area contributed by atoms with Crippen LogP contribution in [0.1, 0.15) is 13.8 Å². The summed E-state index contributed by atoms with van der Waals surface area (Å²) in [5.41, 5.74) is 5.40. The Kier molecular flexibility index (Phi) is 2.69. The van der Waals surface area contributed by atoms with Gasteiger partial charge in [-0.05, 0) is 20.1 Å². The second kappa shape index (κ2) is 2.58. The van der Waals surface area contributed by atoms with E-state index in [0.29, 0.717) is 0 Å². The highest BCUT2D eigenvalue weighted by molar-refractivity contribution is 7.99. The minimum Gasteiger partial charge on any atom is -0.329 e. The number of thioether (sulfide) groups is 1. The minimum absolute atomic E-state index is 0.278. The molecule has 2 N–H and O–H groups in total. The molecule has 1 nitrogen and oxygen atoms in total. The maximum Gasteiger partial charge on any atom is 0.0223 e. The van der Waals surface area contributed by atoms with E-state index in [-0.39, 0.29) is 4.75 Å². The Morgan fingerprint density at radius 3 is 2.00 bits per heavy atom. The van der Waals surface area contributed by atoms with Gasteiger partial charge in [-0.25, -0.2) is 0 Å². The second-order valence-electron chi connectivity index (χ2n) is 2.17. The molecule has 0 spiro atoms. The van der Waals surface area contributed by atoms with Crippen LogP contribution in [-0.2, 0) is 0 Å². The van der Waals surface area contributed by atoms with Crippen LogP contribution in [-0.4, -0.2) is 17.5 Å². The quantitative estimate of drug-likeness (QED) is 0.589. The standard InChI is InChI=1S/C5H13NS/c1-5(2,4-6)7-3/h4,6H2,1-3H3. The third-order valence-corrected chi connectivity index (χ3v) is 2.32. The van der Waals surface area contributed by atoms with E-state index in [0.717, 1.165) is 6.54 Å². The van der Waals surface area contributed by atoms with Crippen molar-refractivity contribution in [1.82, 2.24) is 0 Å². The van der Waals surface area contributed by atoms with Gasteiger partial charge in [-0.2, -0.15) is 11.8 Å². The van der Waals surface area contributed by atoms with Crippen LogP contribution in [0.15, 0.2) is 0 Å². The Labute approximate surface area is 49.7 Å². The predicted octanol–water partition coefficient (Wildman–Crippen LogP) is 1.09. The first-order chi connectivity index (χ1) is 3.12. The third-order valence-electron chi connectivity index (χ3n) is 1.04. The lowest BCUT2D eigenvalue weighted by molar-refractivity contribution is 0.725. The summed E-state index contributed by atoms with van der Waals surface area (Å²) in [6.07, 6.45) is 2.08. The number of rotatable bonds is 2. The fourth-order valence-corrected chi connectivity index (χ4v) is 0.250. The summed E-state index contributed by atoms with van der Waals surface area (Å²) in [5.74, 6) is 0. The summed E-state index contributed by atoms with van der Waals surface area (Å²) >= 11 is 1.80. The van der Waals surface area contributed by atoms with Gasteiger partial charge in [-0.3, -0.25) is 0 Å². The molecule has 0 amide bonds. The van der Waals surface area contributed by atoms with Gasteiger partial charge in [-0.1, -0.05) is 0 Å². The van der Waals surface area contributed by atoms with Crippen LogP contribution >= 0.6 is 11.8 Å². The van der Waals surface area contributed by atoms with Gasteiger partial charge in [0.1, 0.15) is 0 Å². The van der Waals surface area contributed by atoms with Crippen LogP contribution in [0.3, 0.4) is 0 Å². The summed E-state index contributed by atoms with van der Waals surface area (Å²) in [5, 5.41) is 0. The summed E-state index contributed by atoms with van der Waals surface area (Å²) in [6.45, 7) is 5.03. The Morgan fingerprint density at radius 1 is 1.57 bits per heavy atom. The highest BCUT2D eigenvalue weighted by Crippen LogP contribution is 2.17. The summed E-state index contributed by atoms with van der Waals surface area (Å²) in [4.78, 5) is 0. The maximum atomic E-state index is 5.40. The van der Waals surface area contributed by atoms with Crippen molar-refractivity contribution in [1.29, 1.82) is 0 Å². The summed E-state index contributed by atoms with van der Waals surface area (Å²) in [6, 6.07) is 0. The first-order valence-corrected chi connectivity index (χ1v) is 3.60. The van der Waals surface area contributed by atoms with Crippen LogP contribution in [0.2, 0.25) is 0 Å². The van der Waals surface area contributed by atoms with Crippen LogP contribution in [0.25, 0.3) is 0 Å². The van der Waals surface area contributed by atoms with Gasteiger partial charge in [0, 0.05) is 11.3 Å². The molecule has 0 aromatic rings. The van der Waals surface area contributed by atoms with E-state index in [2.05, 4.69) is 20.1 Å². The summed E-state index contributed by atoms with van der Waals surface area (Å²) < 4.78 is 0.278. The molecule has 0 atom stereocenters. The van der Waals surface area contributed by atoms with Crippen molar-refractivity contribution < 1.29 is 0 Å². The van der Waals surface area contributed by atoms with Crippen LogP contribution in [0.5, 0.6) is 0 Å². The van der Waals surface area contributed by atoms with Gasteiger partial charge in [0.25, 0.3) is 0 Å². The highest BCUT2D eigenvalue weighted by Gasteiger charge is 2.11. The van der Waals surface area contributed by atoms with E-state index in [9.17, 15) is 0 Å². The lowest BCUT2D eigenvalue weighted by atomic mass is 10.2. The van der Waals surface area contributed by atoms with E-state index in [4.69, 9.17) is 5.73 Å². The number of nitrogens with two attached hydrogens (primary N) is 1. The predicted molar refractivity (Wildman–Crippen MR) is 36.6 cm³/mol. The van der Waals surface area contributed by atoms with E-state index in [1.54, 1.807) is 11.8 Å². The monoisotopic (exact) mass is 119 g/mol. The van der Waals surface area contributed by atoms with Gasteiger partial charge >= 0.3 is 0 Å². The van der Waals surface area contributed by atoms with Crippen molar-refractivity contribution in [2.75, 3.05) is 12.8 Å². The zero-order valence-corrected chi connectivity index (χ0v) is 6.01. The SMILES string of the molecule is CSC(C)(C)CN. The molecule has 44 valence electrons. The maximum absolute atomic E-state index is 5.40. The van der Waals surface area contributed by atoms with Crippen molar-refractivity contribution in [3.8, 4) is 0 Å². The van der Waals surface area contributed by atoms with Gasteiger partial charge < -0.3 is 5.73 Å². The average molecular weight is 119 g/mol. The third kappa shape index (κ3) is 2.94. The number of hydrogen-bond acceptors (Lipinski definition) is 2.